The maximum absolute atomic E-state index is 6.01. The van der Waals surface area contributed by atoms with Gasteiger partial charge in [0.05, 0.1) is 0 Å². The average molecular weight is 181 g/mol. The van der Waals surface area contributed by atoms with Gasteiger partial charge in [0.1, 0.15) is 6.29 Å². The summed E-state index contributed by atoms with van der Waals surface area (Å²) in [5.74, 6) is 0. The number of fused-ring (bicyclic) bond motifs is 1. The highest BCUT2D eigenvalue weighted by Gasteiger charge is 2.33. The first-order chi connectivity index (χ1) is 6.31. The second-order valence-corrected chi connectivity index (χ2v) is 3.96. The summed E-state index contributed by atoms with van der Waals surface area (Å²) in [5.41, 5.74) is 7.36. The van der Waals surface area contributed by atoms with Crippen molar-refractivity contribution < 1.29 is 0 Å². The fraction of sp³-hybridized carbons (Fsp3) is 0.800. The molecule has 2 unspecified atom stereocenters. The number of rotatable bonds is 1. The van der Waals surface area contributed by atoms with E-state index in [1.165, 1.54) is 25.0 Å². The smallest absolute Gasteiger partial charge is 0.132 e. The van der Waals surface area contributed by atoms with Crippen LogP contribution in [-0.2, 0) is 0 Å². The normalized spacial score (nSPS) is 37.5. The molecule has 3 nitrogen and oxygen atoms in total. The van der Waals surface area contributed by atoms with Crippen LogP contribution in [0.25, 0.3) is 0 Å². The first kappa shape index (κ1) is 9.03. The highest BCUT2D eigenvalue weighted by Crippen LogP contribution is 2.26. The van der Waals surface area contributed by atoms with E-state index in [9.17, 15) is 0 Å². The van der Waals surface area contributed by atoms with E-state index >= 15 is 0 Å². The number of hydrogen-bond donors (Lipinski definition) is 2. The summed E-state index contributed by atoms with van der Waals surface area (Å²) >= 11 is 0. The minimum absolute atomic E-state index is 0.0547. The van der Waals surface area contributed by atoms with Gasteiger partial charge >= 0.3 is 0 Å². The van der Waals surface area contributed by atoms with Gasteiger partial charge in [0.25, 0.3) is 0 Å². The van der Waals surface area contributed by atoms with E-state index in [4.69, 9.17) is 5.73 Å². The van der Waals surface area contributed by atoms with Crippen LogP contribution >= 0.6 is 0 Å². The van der Waals surface area contributed by atoms with E-state index in [0.29, 0.717) is 6.04 Å². The number of nitrogens with two attached hydrogens (primary N) is 1. The van der Waals surface area contributed by atoms with E-state index in [-0.39, 0.29) is 6.29 Å². The van der Waals surface area contributed by atoms with Crippen LogP contribution in [-0.4, -0.2) is 23.8 Å². The van der Waals surface area contributed by atoms with Crippen LogP contribution in [0, 0.1) is 0 Å². The minimum Gasteiger partial charge on any atom is -0.361 e. The van der Waals surface area contributed by atoms with Crippen LogP contribution in [0.4, 0.5) is 0 Å². The average Bonchev–Trinajstić information content (AvgIpc) is 2.53. The van der Waals surface area contributed by atoms with E-state index in [1.807, 2.05) is 0 Å². The van der Waals surface area contributed by atoms with Crippen molar-refractivity contribution in [1.82, 2.24) is 10.2 Å². The van der Waals surface area contributed by atoms with Crippen molar-refractivity contribution in [2.24, 2.45) is 5.73 Å². The van der Waals surface area contributed by atoms with Gasteiger partial charge in [0.2, 0.25) is 0 Å². The molecule has 0 aromatic carbocycles. The van der Waals surface area contributed by atoms with Gasteiger partial charge in [-0.3, -0.25) is 10.6 Å². The second kappa shape index (κ2) is 3.68. The molecule has 0 aromatic rings. The highest BCUT2D eigenvalue weighted by atomic mass is 15.4. The number of hydrogen-bond acceptors (Lipinski definition) is 3. The molecule has 0 saturated carbocycles. The van der Waals surface area contributed by atoms with Crippen molar-refractivity contribution in [1.29, 1.82) is 0 Å². The van der Waals surface area contributed by atoms with Crippen molar-refractivity contribution >= 4 is 0 Å². The maximum atomic E-state index is 6.01. The van der Waals surface area contributed by atoms with E-state index in [1.54, 1.807) is 0 Å². The molecule has 2 rings (SSSR count). The van der Waals surface area contributed by atoms with Crippen LogP contribution in [0.15, 0.2) is 11.8 Å². The van der Waals surface area contributed by atoms with Gasteiger partial charge in [0.15, 0.2) is 0 Å². The van der Waals surface area contributed by atoms with E-state index in [0.717, 1.165) is 13.0 Å². The van der Waals surface area contributed by atoms with Crippen LogP contribution in [0.2, 0.25) is 0 Å². The molecule has 74 valence electrons. The zero-order valence-corrected chi connectivity index (χ0v) is 8.29. The first-order valence-electron chi connectivity index (χ1n) is 5.28. The highest BCUT2D eigenvalue weighted by molar-refractivity contribution is 5.08. The van der Waals surface area contributed by atoms with Gasteiger partial charge in [-0.2, -0.15) is 0 Å². The molecule has 2 aliphatic rings. The lowest BCUT2D eigenvalue weighted by Gasteiger charge is -2.38. The summed E-state index contributed by atoms with van der Waals surface area (Å²) in [5, 5.41) is 3.35. The fourth-order valence-corrected chi connectivity index (χ4v) is 2.42. The first-order valence-corrected chi connectivity index (χ1v) is 5.28. The molecule has 0 amide bonds. The Balaban J connectivity index is 2.05. The molecule has 2 atom stereocenters. The molecule has 0 spiro atoms. The standard InChI is InChI=1S/C10H19N3/c1-2-4-8-7-9-5-3-6-13(9)10(11)12-8/h4,9-10,12H,2-3,5-7,11H2,1H3/b8-4-. The quantitative estimate of drug-likeness (QED) is 0.633. The van der Waals surface area contributed by atoms with E-state index < -0.39 is 0 Å². The van der Waals surface area contributed by atoms with Gasteiger partial charge in [0, 0.05) is 24.7 Å². The Hall–Kier alpha value is -0.540. The SMILES string of the molecule is CC/C=C1/CC2CCCN2C(N)N1. The predicted molar refractivity (Wildman–Crippen MR) is 53.8 cm³/mol. The summed E-state index contributed by atoms with van der Waals surface area (Å²) in [7, 11) is 0. The molecule has 0 aromatic heterocycles. The molecule has 3 heteroatoms. The molecule has 2 heterocycles. The predicted octanol–water partition coefficient (Wildman–Crippen LogP) is 0.980. The fourth-order valence-electron chi connectivity index (χ4n) is 2.42. The van der Waals surface area contributed by atoms with E-state index in [2.05, 4.69) is 23.2 Å². The van der Waals surface area contributed by atoms with Crippen LogP contribution in [0.1, 0.15) is 32.6 Å². The molecule has 2 fully saturated rings. The summed E-state index contributed by atoms with van der Waals surface area (Å²) in [6.45, 7) is 3.33. The number of nitrogens with one attached hydrogen (secondary N) is 1. The topological polar surface area (TPSA) is 41.3 Å². The zero-order valence-electron chi connectivity index (χ0n) is 8.29. The Kier molecular flexibility index (Phi) is 2.56. The van der Waals surface area contributed by atoms with Crippen molar-refractivity contribution in [3.63, 3.8) is 0 Å². The minimum atomic E-state index is 0.0547. The third kappa shape index (κ3) is 1.71. The Bertz CT molecular complexity index is 212. The monoisotopic (exact) mass is 181 g/mol. The number of allylic oxidation sites excluding steroid dienone is 1. The Labute approximate surface area is 80.0 Å². The van der Waals surface area contributed by atoms with Crippen LogP contribution in [0.3, 0.4) is 0 Å². The Morgan fingerprint density at radius 3 is 3.31 bits per heavy atom. The molecule has 2 aliphatic heterocycles. The van der Waals surface area contributed by atoms with Crippen molar-refractivity contribution in [3.05, 3.63) is 11.8 Å². The third-order valence-electron chi connectivity index (χ3n) is 3.02. The summed E-state index contributed by atoms with van der Waals surface area (Å²) in [6.07, 6.45) is 7.20. The molecule has 0 radical (unpaired) electrons. The summed E-state index contributed by atoms with van der Waals surface area (Å²) in [6, 6.07) is 0.703. The largest absolute Gasteiger partial charge is 0.361 e. The maximum Gasteiger partial charge on any atom is 0.132 e. The van der Waals surface area contributed by atoms with Gasteiger partial charge in [-0.15, -0.1) is 0 Å². The molecular weight excluding hydrogens is 162 g/mol. The second-order valence-electron chi connectivity index (χ2n) is 3.96. The van der Waals surface area contributed by atoms with Crippen molar-refractivity contribution in [2.75, 3.05) is 6.54 Å². The van der Waals surface area contributed by atoms with Gasteiger partial charge in [-0.1, -0.05) is 13.0 Å². The Morgan fingerprint density at radius 2 is 2.54 bits per heavy atom. The van der Waals surface area contributed by atoms with Gasteiger partial charge in [-0.05, 0) is 19.3 Å². The third-order valence-corrected chi connectivity index (χ3v) is 3.02. The lowest BCUT2D eigenvalue weighted by atomic mass is 10.1. The molecule has 2 saturated heterocycles. The molecule has 0 bridgehead atoms. The molecular formula is C10H19N3. The lowest BCUT2D eigenvalue weighted by Crippen LogP contribution is -2.57. The summed E-state index contributed by atoms with van der Waals surface area (Å²) in [4.78, 5) is 2.38. The zero-order chi connectivity index (χ0) is 9.26. The van der Waals surface area contributed by atoms with Crippen molar-refractivity contribution in [2.45, 2.75) is 44.9 Å². The molecule has 3 N–H and O–H groups in total. The Morgan fingerprint density at radius 1 is 1.69 bits per heavy atom. The summed E-state index contributed by atoms with van der Waals surface area (Å²) < 4.78 is 0. The molecule has 0 aliphatic carbocycles. The van der Waals surface area contributed by atoms with Crippen LogP contribution in [0.5, 0.6) is 0 Å². The van der Waals surface area contributed by atoms with Gasteiger partial charge < -0.3 is 5.32 Å². The lowest BCUT2D eigenvalue weighted by molar-refractivity contribution is 0.131. The molecule has 13 heavy (non-hydrogen) atoms. The van der Waals surface area contributed by atoms with Crippen molar-refractivity contribution in [3.8, 4) is 0 Å². The van der Waals surface area contributed by atoms with Gasteiger partial charge in [-0.25, -0.2) is 0 Å². The van der Waals surface area contributed by atoms with Crippen LogP contribution < -0.4 is 11.1 Å². The number of nitrogens with zero attached hydrogens (tertiary/aromatic N) is 1.